The summed E-state index contributed by atoms with van der Waals surface area (Å²) in [5.41, 5.74) is 4.52. The fourth-order valence-corrected chi connectivity index (χ4v) is 3.16. The van der Waals surface area contributed by atoms with Crippen LogP contribution in [0.25, 0.3) is 0 Å². The summed E-state index contributed by atoms with van der Waals surface area (Å²) in [6.45, 7) is 0.872. The van der Waals surface area contributed by atoms with E-state index in [1.165, 1.54) is 11.1 Å². The highest BCUT2D eigenvalue weighted by Crippen LogP contribution is 2.31. The van der Waals surface area contributed by atoms with E-state index < -0.39 is 0 Å². The van der Waals surface area contributed by atoms with Crippen LogP contribution in [-0.4, -0.2) is 19.5 Å². The summed E-state index contributed by atoms with van der Waals surface area (Å²) in [5.74, 6) is 0.0356. The normalized spacial score (nSPS) is 16.3. The van der Waals surface area contributed by atoms with E-state index >= 15 is 0 Å². The highest BCUT2D eigenvalue weighted by Gasteiger charge is 2.24. The minimum absolute atomic E-state index is 0.0356. The van der Waals surface area contributed by atoms with E-state index in [0.29, 0.717) is 0 Å². The zero-order chi connectivity index (χ0) is 15.4. The van der Waals surface area contributed by atoms with Crippen LogP contribution < -0.4 is 10.6 Å². The van der Waals surface area contributed by atoms with Crippen LogP contribution in [0.1, 0.15) is 39.5 Å². The van der Waals surface area contributed by atoms with Crippen molar-refractivity contribution in [2.24, 2.45) is 0 Å². The molecular weight excluding hydrogens is 272 g/mol. The number of benzene rings is 2. The Kier molecular flexibility index (Phi) is 4.54. The van der Waals surface area contributed by atoms with Crippen LogP contribution in [0.4, 0.5) is 0 Å². The number of amides is 1. The number of hydrogen-bond donors (Lipinski definition) is 2. The molecule has 0 aromatic heterocycles. The zero-order valence-electron chi connectivity index (χ0n) is 12.9. The van der Waals surface area contributed by atoms with Gasteiger partial charge in [-0.3, -0.25) is 4.79 Å². The molecule has 2 aromatic carbocycles. The van der Waals surface area contributed by atoms with Gasteiger partial charge < -0.3 is 10.6 Å². The van der Waals surface area contributed by atoms with E-state index in [9.17, 15) is 4.79 Å². The van der Waals surface area contributed by atoms with Crippen LogP contribution in [0.5, 0.6) is 0 Å². The van der Waals surface area contributed by atoms with Gasteiger partial charge in [0.05, 0.1) is 6.04 Å². The number of carbonyl (C=O) groups is 1. The quantitative estimate of drug-likeness (QED) is 0.890. The number of likely N-dealkylation sites (N-methyl/N-ethyl adjacent to an activating group) is 1. The molecule has 0 aliphatic heterocycles. The molecular formula is C19H22N2O. The van der Waals surface area contributed by atoms with Gasteiger partial charge in [0, 0.05) is 5.56 Å². The summed E-state index contributed by atoms with van der Waals surface area (Å²) >= 11 is 0. The average Bonchev–Trinajstić information content (AvgIpc) is 2.96. The average molecular weight is 294 g/mol. The van der Waals surface area contributed by atoms with Gasteiger partial charge in [-0.25, -0.2) is 0 Å². The first-order chi connectivity index (χ1) is 10.8. The molecule has 1 unspecified atom stereocenters. The Morgan fingerprint density at radius 1 is 1.14 bits per heavy atom. The van der Waals surface area contributed by atoms with Crippen LogP contribution in [0, 0.1) is 0 Å². The van der Waals surface area contributed by atoms with Gasteiger partial charge in [-0.15, -0.1) is 0 Å². The second-order valence-corrected chi connectivity index (χ2v) is 5.77. The van der Waals surface area contributed by atoms with Crippen LogP contribution in [0.3, 0.4) is 0 Å². The fraction of sp³-hybridized carbons (Fsp3) is 0.316. The lowest BCUT2D eigenvalue weighted by Crippen LogP contribution is -2.28. The molecule has 2 aromatic rings. The van der Waals surface area contributed by atoms with Gasteiger partial charge in [0.15, 0.2) is 0 Å². The van der Waals surface area contributed by atoms with Crippen molar-refractivity contribution in [2.75, 3.05) is 13.6 Å². The zero-order valence-corrected chi connectivity index (χ0v) is 12.9. The van der Waals surface area contributed by atoms with E-state index in [0.717, 1.165) is 36.9 Å². The maximum absolute atomic E-state index is 12.7. The molecule has 2 N–H and O–H groups in total. The van der Waals surface area contributed by atoms with Gasteiger partial charge in [0.2, 0.25) is 0 Å². The summed E-state index contributed by atoms with van der Waals surface area (Å²) in [5, 5.41) is 6.35. The molecule has 1 amide bonds. The molecule has 1 aliphatic carbocycles. The van der Waals surface area contributed by atoms with Gasteiger partial charge in [-0.05, 0) is 55.6 Å². The SMILES string of the molecule is CNCCc1ccccc1C(=O)NC1CCc2ccccc21. The molecule has 3 nitrogen and oxygen atoms in total. The maximum atomic E-state index is 12.7. The van der Waals surface area contributed by atoms with Gasteiger partial charge in [0.1, 0.15) is 0 Å². The lowest BCUT2D eigenvalue weighted by Gasteiger charge is -2.16. The van der Waals surface area contributed by atoms with Crippen LogP contribution in [0.15, 0.2) is 48.5 Å². The second-order valence-electron chi connectivity index (χ2n) is 5.77. The van der Waals surface area contributed by atoms with Crippen molar-refractivity contribution in [3.8, 4) is 0 Å². The molecule has 0 spiro atoms. The predicted octanol–water partition coefficient (Wildman–Crippen LogP) is 2.87. The molecule has 1 atom stereocenters. The lowest BCUT2D eigenvalue weighted by atomic mass is 10.0. The van der Waals surface area contributed by atoms with Crippen molar-refractivity contribution in [3.63, 3.8) is 0 Å². The van der Waals surface area contributed by atoms with Crippen LogP contribution >= 0.6 is 0 Å². The molecule has 0 radical (unpaired) electrons. The standard InChI is InChI=1S/C19H22N2O/c1-20-13-12-15-7-3-5-9-17(15)19(22)21-18-11-10-14-6-2-4-8-16(14)18/h2-9,18,20H,10-13H2,1H3,(H,21,22). The van der Waals surface area contributed by atoms with Crippen molar-refractivity contribution in [2.45, 2.75) is 25.3 Å². The summed E-state index contributed by atoms with van der Waals surface area (Å²) in [7, 11) is 1.93. The first-order valence-electron chi connectivity index (χ1n) is 7.91. The summed E-state index contributed by atoms with van der Waals surface area (Å²) in [6.07, 6.45) is 2.90. The monoisotopic (exact) mass is 294 g/mol. The molecule has 114 valence electrons. The third-order valence-electron chi connectivity index (χ3n) is 4.34. The predicted molar refractivity (Wildman–Crippen MR) is 89.0 cm³/mol. The third-order valence-corrected chi connectivity index (χ3v) is 4.34. The molecule has 3 rings (SSSR count). The third kappa shape index (κ3) is 3.04. The van der Waals surface area contributed by atoms with Crippen molar-refractivity contribution in [1.82, 2.24) is 10.6 Å². The molecule has 0 saturated carbocycles. The largest absolute Gasteiger partial charge is 0.345 e. The van der Waals surface area contributed by atoms with Gasteiger partial charge in [0.25, 0.3) is 5.91 Å². The van der Waals surface area contributed by atoms with Gasteiger partial charge in [-0.1, -0.05) is 42.5 Å². The number of fused-ring (bicyclic) bond motifs is 1. The highest BCUT2D eigenvalue weighted by atomic mass is 16.1. The Morgan fingerprint density at radius 2 is 1.91 bits per heavy atom. The van der Waals surface area contributed by atoms with Crippen molar-refractivity contribution in [3.05, 3.63) is 70.8 Å². The number of aryl methyl sites for hydroxylation is 1. The Hall–Kier alpha value is -2.13. The van der Waals surface area contributed by atoms with Crippen molar-refractivity contribution in [1.29, 1.82) is 0 Å². The van der Waals surface area contributed by atoms with E-state index in [4.69, 9.17) is 0 Å². The molecule has 0 saturated heterocycles. The van der Waals surface area contributed by atoms with E-state index in [-0.39, 0.29) is 11.9 Å². The molecule has 0 heterocycles. The number of rotatable bonds is 5. The Balaban J connectivity index is 1.76. The second kappa shape index (κ2) is 6.75. The number of carbonyl (C=O) groups excluding carboxylic acids is 1. The number of nitrogens with one attached hydrogen (secondary N) is 2. The van der Waals surface area contributed by atoms with E-state index in [1.54, 1.807) is 0 Å². The smallest absolute Gasteiger partial charge is 0.252 e. The van der Waals surface area contributed by atoms with Crippen LogP contribution in [-0.2, 0) is 12.8 Å². The molecule has 0 fully saturated rings. The molecule has 0 bridgehead atoms. The molecule has 3 heteroatoms. The van der Waals surface area contributed by atoms with Gasteiger partial charge in [-0.2, -0.15) is 0 Å². The van der Waals surface area contributed by atoms with E-state index in [2.05, 4.69) is 28.8 Å². The number of hydrogen-bond acceptors (Lipinski definition) is 2. The van der Waals surface area contributed by atoms with E-state index in [1.807, 2.05) is 37.4 Å². The molecule has 1 aliphatic rings. The minimum Gasteiger partial charge on any atom is -0.345 e. The lowest BCUT2D eigenvalue weighted by molar-refractivity contribution is 0.0936. The highest BCUT2D eigenvalue weighted by molar-refractivity contribution is 5.96. The molecule has 22 heavy (non-hydrogen) atoms. The topological polar surface area (TPSA) is 41.1 Å². The summed E-state index contributed by atoms with van der Waals surface area (Å²) in [4.78, 5) is 12.7. The van der Waals surface area contributed by atoms with Crippen molar-refractivity contribution < 1.29 is 4.79 Å². The van der Waals surface area contributed by atoms with Crippen LogP contribution in [0.2, 0.25) is 0 Å². The first-order valence-corrected chi connectivity index (χ1v) is 7.91. The Labute approximate surface area is 131 Å². The van der Waals surface area contributed by atoms with Gasteiger partial charge >= 0.3 is 0 Å². The summed E-state index contributed by atoms with van der Waals surface area (Å²) < 4.78 is 0. The minimum atomic E-state index is 0.0356. The maximum Gasteiger partial charge on any atom is 0.252 e. The summed E-state index contributed by atoms with van der Waals surface area (Å²) in [6, 6.07) is 16.4. The fourth-order valence-electron chi connectivity index (χ4n) is 3.16. The van der Waals surface area contributed by atoms with Crippen molar-refractivity contribution >= 4 is 5.91 Å². The first kappa shape index (κ1) is 14.8. The Bertz CT molecular complexity index is 666. The Morgan fingerprint density at radius 3 is 2.77 bits per heavy atom.